The van der Waals surface area contributed by atoms with Crippen LogP contribution in [0.25, 0.3) is 10.9 Å². The number of piperidine rings is 1. The Morgan fingerprint density at radius 3 is 3.03 bits per heavy atom. The highest BCUT2D eigenvalue weighted by Crippen LogP contribution is 2.45. The van der Waals surface area contributed by atoms with E-state index in [0.29, 0.717) is 18.5 Å². The molecule has 1 aliphatic carbocycles. The van der Waals surface area contributed by atoms with Crippen LogP contribution in [0.5, 0.6) is 0 Å². The summed E-state index contributed by atoms with van der Waals surface area (Å²) in [6.45, 7) is 8.32. The number of benzene rings is 1. The summed E-state index contributed by atoms with van der Waals surface area (Å²) in [6.07, 6.45) is 7.43. The lowest BCUT2D eigenvalue weighted by Crippen LogP contribution is -2.51. The number of rotatable bonds is 8. The van der Waals surface area contributed by atoms with Crippen molar-refractivity contribution in [2.45, 2.75) is 51.1 Å². The Balaban J connectivity index is 1.67. The Kier molecular flexibility index (Phi) is 6.04. The molecule has 0 saturated carbocycles. The van der Waals surface area contributed by atoms with E-state index in [4.69, 9.17) is 4.74 Å². The number of ether oxygens (including phenoxy) is 1. The first-order valence-corrected chi connectivity index (χ1v) is 10.9. The van der Waals surface area contributed by atoms with Crippen molar-refractivity contribution in [1.29, 1.82) is 0 Å². The van der Waals surface area contributed by atoms with Crippen molar-refractivity contribution in [2.24, 2.45) is 5.92 Å². The molecule has 0 N–H and O–H groups in total. The number of carbonyl (C=O) groups is 1. The van der Waals surface area contributed by atoms with E-state index in [2.05, 4.69) is 47.4 Å². The lowest BCUT2D eigenvalue weighted by molar-refractivity contribution is -0.151. The monoisotopic (exact) mass is 398 g/mol. The predicted octanol–water partition coefficient (Wildman–Crippen LogP) is 4.47. The average Bonchev–Trinajstić information content (AvgIpc) is 3.08. The summed E-state index contributed by atoms with van der Waals surface area (Å²) >= 11 is 0. The number of aromatic nitrogens is 1. The molecule has 1 saturated heterocycles. The van der Waals surface area contributed by atoms with Crippen LogP contribution in [-0.4, -0.2) is 47.8 Å². The normalized spacial score (nSPS) is 23.7. The maximum atomic E-state index is 12.7. The van der Waals surface area contributed by atoms with Crippen molar-refractivity contribution in [1.82, 2.24) is 9.47 Å². The maximum Gasteiger partial charge on any atom is 0.310 e. The summed E-state index contributed by atoms with van der Waals surface area (Å²) in [5, 5.41) is 1.38. The molecule has 1 aromatic carbocycles. The van der Waals surface area contributed by atoms with E-state index in [-0.39, 0.29) is 24.9 Å². The Labute approximate surface area is 172 Å². The van der Waals surface area contributed by atoms with Gasteiger partial charge in [0.25, 0.3) is 0 Å². The molecule has 0 amide bonds. The topological polar surface area (TPSA) is 34.5 Å². The van der Waals surface area contributed by atoms with Crippen LogP contribution < -0.4 is 0 Å². The van der Waals surface area contributed by atoms with E-state index >= 15 is 0 Å². The van der Waals surface area contributed by atoms with E-state index in [0.717, 1.165) is 32.4 Å². The van der Waals surface area contributed by atoms with Gasteiger partial charge in [0, 0.05) is 55.1 Å². The highest BCUT2D eigenvalue weighted by molar-refractivity contribution is 5.89. The van der Waals surface area contributed by atoms with Gasteiger partial charge in [-0.3, -0.25) is 14.1 Å². The molecular weight excluding hydrogens is 367 g/mol. The van der Waals surface area contributed by atoms with Gasteiger partial charge in [-0.1, -0.05) is 25.1 Å². The van der Waals surface area contributed by atoms with Gasteiger partial charge < -0.3 is 9.30 Å². The van der Waals surface area contributed by atoms with Gasteiger partial charge in [0.1, 0.15) is 0 Å². The number of esters is 1. The van der Waals surface area contributed by atoms with Gasteiger partial charge in [0.15, 0.2) is 0 Å². The van der Waals surface area contributed by atoms with Gasteiger partial charge in [-0.25, -0.2) is 0 Å². The fourth-order valence-corrected chi connectivity index (χ4v) is 5.29. The largest absolute Gasteiger partial charge is 0.465 e. The molecule has 0 bridgehead atoms. The number of alkyl halides is 1. The van der Waals surface area contributed by atoms with Crippen LogP contribution >= 0.6 is 0 Å². The number of halogens is 1. The molecule has 29 heavy (non-hydrogen) atoms. The molecule has 5 heteroatoms. The smallest absolute Gasteiger partial charge is 0.310 e. The molecule has 1 fully saturated rings. The van der Waals surface area contributed by atoms with Gasteiger partial charge in [0.05, 0.1) is 19.2 Å². The molecule has 4 rings (SSSR count). The van der Waals surface area contributed by atoms with Gasteiger partial charge in [-0.2, -0.15) is 0 Å². The first-order chi connectivity index (χ1) is 14.2. The zero-order valence-corrected chi connectivity index (χ0v) is 17.3. The van der Waals surface area contributed by atoms with Crippen LogP contribution in [0.3, 0.4) is 0 Å². The molecule has 4 nitrogen and oxygen atoms in total. The second-order valence-corrected chi connectivity index (χ2v) is 8.35. The summed E-state index contributed by atoms with van der Waals surface area (Å²) < 4.78 is 20.1. The molecule has 1 aliphatic heterocycles. The highest BCUT2D eigenvalue weighted by atomic mass is 19.1. The number of nitrogens with zero attached hydrogens (tertiary/aromatic N) is 2. The fraction of sp³-hybridized carbons (Fsp3) is 0.542. The molecular formula is C24H31FN2O2. The third-order valence-corrected chi connectivity index (χ3v) is 6.46. The second-order valence-electron chi connectivity index (χ2n) is 8.35. The zero-order valence-electron chi connectivity index (χ0n) is 17.3. The highest BCUT2D eigenvalue weighted by Gasteiger charge is 2.43. The molecule has 2 aliphatic rings. The van der Waals surface area contributed by atoms with Crippen LogP contribution in [-0.2, 0) is 22.5 Å². The molecule has 3 atom stereocenters. The molecule has 2 aromatic rings. The maximum absolute atomic E-state index is 12.7. The standard InChI is InChI=1S/C24H31FN2O2/c1-3-10-26-15-17-14-22-20(19-7-5-8-21(26)23(17)19)13-18(16-27(22)11-4-2)24(28)29-12-6-9-25/h4-5,7-8,15,18,20,22H,2-3,6,9-14,16H2,1H3/t18-,20-,22-/m1/s1. The van der Waals surface area contributed by atoms with Crippen LogP contribution in [0.15, 0.2) is 37.1 Å². The number of likely N-dealkylation sites (tertiary alicyclic amines) is 1. The Morgan fingerprint density at radius 1 is 1.41 bits per heavy atom. The van der Waals surface area contributed by atoms with Crippen molar-refractivity contribution in [3.63, 3.8) is 0 Å². The summed E-state index contributed by atoms with van der Waals surface area (Å²) in [7, 11) is 0. The second kappa shape index (κ2) is 8.70. The van der Waals surface area contributed by atoms with Gasteiger partial charge in [-0.05, 0) is 36.5 Å². The Bertz CT molecular complexity index is 890. The van der Waals surface area contributed by atoms with E-state index in [1.165, 1.54) is 22.0 Å². The summed E-state index contributed by atoms with van der Waals surface area (Å²) in [4.78, 5) is 15.1. The Hall–Kier alpha value is -2.14. The summed E-state index contributed by atoms with van der Waals surface area (Å²) in [5.41, 5.74) is 4.09. The third kappa shape index (κ3) is 3.73. The minimum absolute atomic E-state index is 0.168. The van der Waals surface area contributed by atoms with Gasteiger partial charge in [0.2, 0.25) is 0 Å². The first kappa shape index (κ1) is 20.1. The van der Waals surface area contributed by atoms with Crippen molar-refractivity contribution in [3.8, 4) is 0 Å². The number of carbonyl (C=O) groups excluding carboxylic acids is 1. The van der Waals surface area contributed by atoms with Crippen LogP contribution in [0, 0.1) is 5.92 Å². The third-order valence-electron chi connectivity index (χ3n) is 6.46. The van der Waals surface area contributed by atoms with Gasteiger partial charge >= 0.3 is 5.97 Å². The predicted molar refractivity (Wildman–Crippen MR) is 114 cm³/mol. The zero-order chi connectivity index (χ0) is 20.4. The molecule has 0 spiro atoms. The number of aryl methyl sites for hydroxylation is 1. The number of hydrogen-bond donors (Lipinski definition) is 0. The number of fused-ring (bicyclic) bond motifs is 2. The van der Waals surface area contributed by atoms with Crippen molar-refractivity contribution >= 4 is 16.9 Å². The van der Waals surface area contributed by atoms with E-state index in [1.54, 1.807) is 0 Å². The van der Waals surface area contributed by atoms with Gasteiger partial charge in [-0.15, -0.1) is 6.58 Å². The number of hydrogen-bond acceptors (Lipinski definition) is 3. The first-order valence-electron chi connectivity index (χ1n) is 10.9. The van der Waals surface area contributed by atoms with E-state index in [1.807, 2.05) is 6.08 Å². The summed E-state index contributed by atoms with van der Waals surface area (Å²) in [5.74, 6) is -0.0612. The summed E-state index contributed by atoms with van der Waals surface area (Å²) in [6, 6.07) is 6.97. The van der Waals surface area contributed by atoms with Crippen LogP contribution in [0.1, 0.15) is 43.2 Å². The Morgan fingerprint density at radius 2 is 2.28 bits per heavy atom. The molecule has 0 radical (unpaired) electrons. The lowest BCUT2D eigenvalue weighted by atomic mass is 9.72. The average molecular weight is 399 g/mol. The molecule has 2 heterocycles. The van der Waals surface area contributed by atoms with Crippen LogP contribution in [0.2, 0.25) is 0 Å². The quantitative estimate of drug-likeness (QED) is 0.374. The molecule has 1 aromatic heterocycles. The van der Waals surface area contributed by atoms with Crippen molar-refractivity contribution < 1.29 is 13.9 Å². The van der Waals surface area contributed by atoms with Crippen LogP contribution in [0.4, 0.5) is 4.39 Å². The van der Waals surface area contributed by atoms with E-state index in [9.17, 15) is 9.18 Å². The molecule has 156 valence electrons. The fourth-order valence-electron chi connectivity index (χ4n) is 5.29. The van der Waals surface area contributed by atoms with Crippen molar-refractivity contribution in [3.05, 3.63) is 48.2 Å². The molecule has 0 unspecified atom stereocenters. The van der Waals surface area contributed by atoms with Crippen molar-refractivity contribution in [2.75, 3.05) is 26.4 Å². The SMILES string of the molecule is C=CCN1C[C@H](C(=O)OCCCF)C[C@@H]2c3cccc4c3c(cn4CCC)C[C@H]21. The lowest BCUT2D eigenvalue weighted by Gasteiger charge is -2.46. The van der Waals surface area contributed by atoms with E-state index < -0.39 is 6.67 Å². The minimum Gasteiger partial charge on any atom is -0.465 e. The minimum atomic E-state index is -0.454.